The maximum absolute atomic E-state index is 11.5. The highest BCUT2D eigenvalue weighted by Crippen LogP contribution is 2.29. The van der Waals surface area contributed by atoms with Gasteiger partial charge in [0.05, 0.1) is 44.4 Å². The Hall–Kier alpha value is -2.27. The molecule has 2 fully saturated rings. The van der Waals surface area contributed by atoms with Gasteiger partial charge in [-0.3, -0.25) is 0 Å². The predicted octanol–water partition coefficient (Wildman–Crippen LogP) is 0.648. The van der Waals surface area contributed by atoms with Gasteiger partial charge in [-0.25, -0.2) is 23.1 Å². The third-order valence-electron chi connectivity index (χ3n) is 4.77. The Kier molecular flexibility index (Phi) is 5.19. The summed E-state index contributed by atoms with van der Waals surface area (Å²) < 4.78 is 42.3. The van der Waals surface area contributed by atoms with Gasteiger partial charge in [0.2, 0.25) is 16.0 Å². The van der Waals surface area contributed by atoms with Gasteiger partial charge in [-0.1, -0.05) is 0 Å². The maximum atomic E-state index is 11.5. The van der Waals surface area contributed by atoms with Crippen LogP contribution < -0.4 is 14.8 Å². The van der Waals surface area contributed by atoms with Crippen molar-refractivity contribution >= 4 is 16.0 Å². The standard InChI is InChI=1S/C18H22N4O5S/c1-25-12-5-3-11(4-6-12)13-7-8-19-18(20-13)21-14-9-26-17-15(10-27-16(14)17)22-28(2,23)24/h3-8,14-17,22H,9-10H2,1-2H3,(H,19,20,21)/t14-,15-,16+,17+/m0/s1. The monoisotopic (exact) mass is 406 g/mol. The minimum Gasteiger partial charge on any atom is -0.497 e. The van der Waals surface area contributed by atoms with Crippen LogP contribution in [0.4, 0.5) is 5.95 Å². The van der Waals surface area contributed by atoms with Gasteiger partial charge in [-0.15, -0.1) is 0 Å². The van der Waals surface area contributed by atoms with E-state index in [4.69, 9.17) is 14.2 Å². The van der Waals surface area contributed by atoms with Gasteiger partial charge in [-0.05, 0) is 30.3 Å². The van der Waals surface area contributed by atoms with Crippen LogP contribution in [0.3, 0.4) is 0 Å². The second-order valence-corrected chi connectivity index (χ2v) is 8.62. The third kappa shape index (κ3) is 4.09. The number of methoxy groups -OCH3 is 1. The van der Waals surface area contributed by atoms with Crippen LogP contribution in [0.5, 0.6) is 5.75 Å². The highest BCUT2D eigenvalue weighted by Gasteiger charge is 2.48. The lowest BCUT2D eigenvalue weighted by molar-refractivity contribution is 0.0690. The first kappa shape index (κ1) is 19.1. The van der Waals surface area contributed by atoms with E-state index in [0.717, 1.165) is 23.3 Å². The molecule has 28 heavy (non-hydrogen) atoms. The van der Waals surface area contributed by atoms with Crippen LogP contribution in [0.25, 0.3) is 11.3 Å². The van der Waals surface area contributed by atoms with Crippen molar-refractivity contribution in [1.82, 2.24) is 14.7 Å². The van der Waals surface area contributed by atoms with Crippen molar-refractivity contribution < 1.29 is 22.6 Å². The molecule has 0 spiro atoms. The third-order valence-corrected chi connectivity index (χ3v) is 5.51. The fraction of sp³-hybridized carbons (Fsp3) is 0.444. The molecule has 4 atom stereocenters. The number of hydrogen-bond acceptors (Lipinski definition) is 8. The van der Waals surface area contributed by atoms with E-state index in [-0.39, 0.29) is 24.9 Å². The Labute approximate surface area is 163 Å². The fourth-order valence-corrected chi connectivity index (χ4v) is 4.27. The molecule has 2 aliphatic heterocycles. The molecule has 2 aromatic rings. The van der Waals surface area contributed by atoms with E-state index in [1.54, 1.807) is 13.3 Å². The van der Waals surface area contributed by atoms with E-state index >= 15 is 0 Å². The second-order valence-electron chi connectivity index (χ2n) is 6.84. The number of nitrogens with zero attached hydrogens (tertiary/aromatic N) is 2. The number of rotatable bonds is 6. The molecule has 3 heterocycles. The predicted molar refractivity (Wildman–Crippen MR) is 103 cm³/mol. The van der Waals surface area contributed by atoms with Crippen molar-refractivity contribution in [1.29, 1.82) is 0 Å². The molecule has 4 rings (SSSR count). The Morgan fingerprint density at radius 2 is 1.75 bits per heavy atom. The molecule has 9 nitrogen and oxygen atoms in total. The molecule has 150 valence electrons. The molecule has 0 saturated carbocycles. The first-order valence-electron chi connectivity index (χ1n) is 8.87. The molecule has 2 saturated heterocycles. The molecular formula is C18H22N4O5S. The molecule has 2 aliphatic rings. The summed E-state index contributed by atoms with van der Waals surface area (Å²) in [6, 6.07) is 8.89. The summed E-state index contributed by atoms with van der Waals surface area (Å²) in [6.07, 6.45) is 2.21. The Balaban J connectivity index is 1.45. The lowest BCUT2D eigenvalue weighted by Gasteiger charge is -2.18. The summed E-state index contributed by atoms with van der Waals surface area (Å²) in [7, 11) is -1.70. The normalized spacial score (nSPS) is 26.8. The van der Waals surface area contributed by atoms with Crippen molar-refractivity contribution in [2.24, 2.45) is 0 Å². The van der Waals surface area contributed by atoms with Gasteiger partial charge in [0.15, 0.2) is 0 Å². The van der Waals surface area contributed by atoms with Gasteiger partial charge in [-0.2, -0.15) is 0 Å². The molecule has 1 aromatic carbocycles. The fourth-order valence-electron chi connectivity index (χ4n) is 3.52. The molecule has 0 radical (unpaired) electrons. The molecular weight excluding hydrogens is 384 g/mol. The van der Waals surface area contributed by atoms with Crippen LogP contribution in [-0.4, -0.2) is 69.3 Å². The van der Waals surface area contributed by atoms with Crippen molar-refractivity contribution in [3.8, 4) is 17.0 Å². The first-order chi connectivity index (χ1) is 13.4. The van der Waals surface area contributed by atoms with Crippen LogP contribution in [-0.2, 0) is 19.5 Å². The minimum atomic E-state index is -3.33. The van der Waals surface area contributed by atoms with Gasteiger partial charge in [0.25, 0.3) is 0 Å². The van der Waals surface area contributed by atoms with Gasteiger partial charge in [0, 0.05) is 11.8 Å². The van der Waals surface area contributed by atoms with Gasteiger partial charge >= 0.3 is 0 Å². The van der Waals surface area contributed by atoms with Crippen LogP contribution in [0, 0.1) is 0 Å². The largest absolute Gasteiger partial charge is 0.497 e. The number of benzene rings is 1. The summed E-state index contributed by atoms with van der Waals surface area (Å²) in [5.74, 6) is 1.24. The summed E-state index contributed by atoms with van der Waals surface area (Å²) in [6.45, 7) is 0.653. The topological polar surface area (TPSA) is 112 Å². The van der Waals surface area contributed by atoms with Crippen molar-refractivity contribution in [2.45, 2.75) is 24.3 Å². The van der Waals surface area contributed by atoms with Crippen molar-refractivity contribution in [3.63, 3.8) is 0 Å². The number of sulfonamides is 1. The zero-order valence-corrected chi connectivity index (χ0v) is 16.3. The smallest absolute Gasteiger partial charge is 0.223 e. The van der Waals surface area contributed by atoms with Gasteiger partial charge < -0.3 is 19.5 Å². The van der Waals surface area contributed by atoms with E-state index in [2.05, 4.69) is 20.0 Å². The molecule has 0 unspecified atom stereocenters. The zero-order chi connectivity index (χ0) is 19.7. The lowest BCUT2D eigenvalue weighted by Crippen LogP contribution is -2.44. The first-order valence-corrected chi connectivity index (χ1v) is 10.8. The van der Waals surface area contributed by atoms with E-state index in [1.165, 1.54) is 0 Å². The Bertz CT molecular complexity index is 937. The quantitative estimate of drug-likeness (QED) is 0.719. The molecule has 10 heteroatoms. The second kappa shape index (κ2) is 7.63. The van der Waals surface area contributed by atoms with Crippen LogP contribution in [0.2, 0.25) is 0 Å². The average molecular weight is 406 g/mol. The van der Waals surface area contributed by atoms with Crippen LogP contribution >= 0.6 is 0 Å². The number of anilines is 1. The summed E-state index contributed by atoms with van der Waals surface area (Å²) >= 11 is 0. The molecule has 0 bridgehead atoms. The molecule has 0 amide bonds. The highest BCUT2D eigenvalue weighted by atomic mass is 32.2. The van der Waals surface area contributed by atoms with E-state index in [0.29, 0.717) is 12.6 Å². The SMILES string of the molecule is COc1ccc(-c2ccnc(N[C@H]3CO[C@H]4[C@@H]3OC[C@@H]4NS(C)(=O)=O)n2)cc1. The molecule has 0 aliphatic carbocycles. The number of ether oxygens (including phenoxy) is 3. The highest BCUT2D eigenvalue weighted by molar-refractivity contribution is 7.88. The van der Waals surface area contributed by atoms with E-state index < -0.39 is 16.1 Å². The summed E-state index contributed by atoms with van der Waals surface area (Å²) in [5.41, 5.74) is 1.72. The van der Waals surface area contributed by atoms with Crippen LogP contribution in [0.1, 0.15) is 0 Å². The molecule has 1 aromatic heterocycles. The summed E-state index contributed by atoms with van der Waals surface area (Å²) in [4.78, 5) is 8.85. The number of nitrogens with one attached hydrogen (secondary N) is 2. The van der Waals surface area contributed by atoms with Crippen molar-refractivity contribution in [2.75, 3.05) is 31.9 Å². The van der Waals surface area contributed by atoms with Gasteiger partial charge in [0.1, 0.15) is 18.0 Å². The van der Waals surface area contributed by atoms with E-state index in [1.807, 2.05) is 30.3 Å². The van der Waals surface area contributed by atoms with E-state index in [9.17, 15) is 8.42 Å². The van der Waals surface area contributed by atoms with Crippen molar-refractivity contribution in [3.05, 3.63) is 36.5 Å². The Morgan fingerprint density at radius 3 is 2.43 bits per heavy atom. The number of hydrogen-bond donors (Lipinski definition) is 2. The summed E-state index contributed by atoms with van der Waals surface area (Å²) in [5, 5.41) is 3.25. The molecule has 2 N–H and O–H groups in total. The lowest BCUT2D eigenvalue weighted by atomic mass is 10.1. The Morgan fingerprint density at radius 1 is 1.07 bits per heavy atom. The zero-order valence-electron chi connectivity index (χ0n) is 15.5. The maximum Gasteiger partial charge on any atom is 0.223 e. The minimum absolute atomic E-state index is 0.164. The average Bonchev–Trinajstić information content (AvgIpc) is 3.25. The van der Waals surface area contributed by atoms with Crippen LogP contribution in [0.15, 0.2) is 36.5 Å². The number of aromatic nitrogens is 2. The number of fused-ring (bicyclic) bond motifs is 1.